The van der Waals surface area contributed by atoms with Crippen LogP contribution < -0.4 is 0 Å². The van der Waals surface area contributed by atoms with Gasteiger partial charge in [0.15, 0.2) is 0 Å². The molecule has 0 aliphatic heterocycles. The lowest BCUT2D eigenvalue weighted by molar-refractivity contribution is 0.0450. The van der Waals surface area contributed by atoms with Gasteiger partial charge in [-0.05, 0) is 79.7 Å². The van der Waals surface area contributed by atoms with E-state index in [4.69, 9.17) is 9.47 Å². The fourth-order valence-corrected chi connectivity index (χ4v) is 6.31. The van der Waals surface area contributed by atoms with E-state index in [9.17, 15) is 29.4 Å². The Morgan fingerprint density at radius 2 is 0.926 bits per heavy atom. The van der Waals surface area contributed by atoms with E-state index in [1.54, 1.807) is 30.3 Å². The second-order valence-electron chi connectivity index (χ2n) is 15.4. The number of aromatic carboxylic acids is 2. The first-order chi connectivity index (χ1) is 25.9. The molecule has 0 atom stereocenters. The summed E-state index contributed by atoms with van der Waals surface area (Å²) in [5, 5.41) is 18.8. The van der Waals surface area contributed by atoms with Gasteiger partial charge in [-0.2, -0.15) is 0 Å². The Morgan fingerprint density at radius 1 is 0.519 bits per heavy atom. The van der Waals surface area contributed by atoms with Gasteiger partial charge in [0.05, 0.1) is 35.5 Å². The van der Waals surface area contributed by atoms with Crippen molar-refractivity contribution in [2.45, 2.75) is 170 Å². The molecule has 0 aromatic heterocycles. The van der Waals surface area contributed by atoms with Crippen LogP contribution >= 0.6 is 0 Å². The lowest BCUT2D eigenvalue weighted by atomic mass is 9.88. The molecule has 0 aliphatic carbocycles. The van der Waals surface area contributed by atoms with E-state index in [1.165, 1.54) is 83.1 Å². The number of carboxylic acids is 2. The van der Waals surface area contributed by atoms with Crippen LogP contribution in [0, 0.1) is 11.8 Å². The number of hydrogen-bond donors (Lipinski definition) is 2. The first-order valence-corrected chi connectivity index (χ1v) is 21.0. The van der Waals surface area contributed by atoms with Gasteiger partial charge in [0.25, 0.3) is 0 Å². The summed E-state index contributed by atoms with van der Waals surface area (Å²) in [7, 11) is 0. The third kappa shape index (κ3) is 20.7. The van der Waals surface area contributed by atoms with Gasteiger partial charge in [-0.15, -0.1) is 0 Å². The lowest BCUT2D eigenvalue weighted by Crippen LogP contribution is -2.15. The number of carbonyl (C=O) groups excluding carboxylic acids is 2. The van der Waals surface area contributed by atoms with Gasteiger partial charge in [0, 0.05) is 0 Å². The van der Waals surface area contributed by atoms with E-state index in [2.05, 4.69) is 41.5 Å². The largest absolute Gasteiger partial charge is 0.478 e. The number of rotatable bonds is 28. The van der Waals surface area contributed by atoms with Crippen LogP contribution in [0.2, 0.25) is 0 Å². The Bertz CT molecular complexity index is 1310. The maximum Gasteiger partial charge on any atom is 0.339 e. The standard InChI is InChI=1S/C28H46O4.C18H26O4/c1-3-5-7-9-11-13-15-19-23-31-27(29)25-21-17-18-22-26(25)28(30)32-24-20-16-14-12-10-8-6-4-2;1-11(2)5-7-13-8-10-15(17(19)20)16(18(21)22)14(13)9-6-12(3)4/h17-18,21-22H,3-16,19-20,23-24H2,1-2H3;8,10-12H,5-7,9H2,1-4H3,(H,19,20)(H,21,22). The highest BCUT2D eigenvalue weighted by Gasteiger charge is 2.23. The zero-order valence-corrected chi connectivity index (χ0v) is 34.5. The van der Waals surface area contributed by atoms with Crippen LogP contribution in [0.15, 0.2) is 36.4 Å². The molecule has 0 spiro atoms. The monoisotopic (exact) mass is 753 g/mol. The molecule has 0 unspecified atom stereocenters. The van der Waals surface area contributed by atoms with Crippen LogP contribution in [-0.4, -0.2) is 47.3 Å². The van der Waals surface area contributed by atoms with Crippen LogP contribution in [0.1, 0.15) is 210 Å². The zero-order valence-electron chi connectivity index (χ0n) is 34.5. The van der Waals surface area contributed by atoms with Crippen molar-refractivity contribution in [2.24, 2.45) is 11.8 Å². The van der Waals surface area contributed by atoms with E-state index in [1.807, 2.05) is 0 Å². The second kappa shape index (κ2) is 29.6. The molecule has 2 N–H and O–H groups in total. The molecule has 0 bridgehead atoms. The van der Waals surface area contributed by atoms with Crippen molar-refractivity contribution in [3.63, 3.8) is 0 Å². The summed E-state index contributed by atoms with van der Waals surface area (Å²) < 4.78 is 10.8. The maximum atomic E-state index is 12.5. The summed E-state index contributed by atoms with van der Waals surface area (Å²) >= 11 is 0. The predicted octanol–water partition coefficient (Wildman–Crippen LogP) is 12.5. The van der Waals surface area contributed by atoms with Crippen molar-refractivity contribution in [2.75, 3.05) is 13.2 Å². The van der Waals surface area contributed by atoms with Gasteiger partial charge in [-0.1, -0.05) is 150 Å². The normalized spacial score (nSPS) is 11.0. The van der Waals surface area contributed by atoms with Gasteiger partial charge >= 0.3 is 23.9 Å². The van der Waals surface area contributed by atoms with Crippen LogP contribution in [0.5, 0.6) is 0 Å². The highest BCUT2D eigenvalue weighted by atomic mass is 16.5. The summed E-state index contributed by atoms with van der Waals surface area (Å²) in [5.41, 5.74) is 2.12. The lowest BCUT2D eigenvalue weighted by Gasteiger charge is -2.16. The van der Waals surface area contributed by atoms with Gasteiger partial charge in [-0.3, -0.25) is 0 Å². The molecule has 0 aliphatic rings. The van der Waals surface area contributed by atoms with Crippen molar-refractivity contribution in [1.82, 2.24) is 0 Å². The Morgan fingerprint density at radius 3 is 1.31 bits per heavy atom. The highest BCUT2D eigenvalue weighted by molar-refractivity contribution is 6.03. The molecule has 8 heteroatoms. The van der Waals surface area contributed by atoms with E-state index < -0.39 is 23.9 Å². The van der Waals surface area contributed by atoms with Crippen LogP contribution in [0.3, 0.4) is 0 Å². The molecule has 0 saturated heterocycles. The number of esters is 2. The molecule has 2 aromatic rings. The van der Waals surface area contributed by atoms with Crippen LogP contribution in [-0.2, 0) is 22.3 Å². The van der Waals surface area contributed by atoms with Crippen molar-refractivity contribution in [3.05, 3.63) is 69.8 Å². The van der Waals surface area contributed by atoms with Gasteiger partial charge in [0.2, 0.25) is 0 Å². The molecule has 304 valence electrons. The number of hydrogen-bond acceptors (Lipinski definition) is 6. The van der Waals surface area contributed by atoms with Crippen molar-refractivity contribution in [3.8, 4) is 0 Å². The average Bonchev–Trinajstić information content (AvgIpc) is 3.14. The van der Waals surface area contributed by atoms with E-state index in [-0.39, 0.29) is 11.1 Å². The number of unbranched alkanes of at least 4 members (excludes halogenated alkanes) is 14. The maximum absolute atomic E-state index is 12.5. The third-order valence-electron chi connectivity index (χ3n) is 9.65. The molecule has 0 fully saturated rings. The fourth-order valence-electron chi connectivity index (χ4n) is 6.31. The fraction of sp³-hybridized carbons (Fsp3) is 0.652. The molecule has 2 rings (SSSR count). The molecule has 54 heavy (non-hydrogen) atoms. The van der Waals surface area contributed by atoms with E-state index in [0.29, 0.717) is 48.2 Å². The Labute approximate surface area is 326 Å². The van der Waals surface area contributed by atoms with E-state index >= 15 is 0 Å². The minimum Gasteiger partial charge on any atom is -0.478 e. The average molecular weight is 753 g/mol. The number of benzene rings is 2. The van der Waals surface area contributed by atoms with Gasteiger partial charge < -0.3 is 19.7 Å². The number of carboxylic acid groups (broad SMARTS) is 2. The van der Waals surface area contributed by atoms with Crippen molar-refractivity contribution < 1.29 is 38.9 Å². The molecule has 0 radical (unpaired) electrons. The zero-order chi connectivity index (χ0) is 40.1. The van der Waals surface area contributed by atoms with Gasteiger partial charge in [0.1, 0.15) is 0 Å². The van der Waals surface area contributed by atoms with E-state index in [0.717, 1.165) is 50.5 Å². The molecular weight excluding hydrogens is 680 g/mol. The Kier molecular flexibility index (Phi) is 26.5. The first-order valence-electron chi connectivity index (χ1n) is 21.0. The molecule has 0 amide bonds. The molecule has 2 aromatic carbocycles. The Hall–Kier alpha value is -3.68. The predicted molar refractivity (Wildman–Crippen MR) is 219 cm³/mol. The molecule has 0 saturated carbocycles. The summed E-state index contributed by atoms with van der Waals surface area (Å²) in [5.74, 6) is -2.25. The van der Waals surface area contributed by atoms with Crippen molar-refractivity contribution in [1.29, 1.82) is 0 Å². The highest BCUT2D eigenvalue weighted by Crippen LogP contribution is 2.25. The quantitative estimate of drug-likeness (QED) is 0.0649. The number of ether oxygens (including phenoxy) is 2. The van der Waals surface area contributed by atoms with Crippen LogP contribution in [0.4, 0.5) is 0 Å². The van der Waals surface area contributed by atoms with Crippen molar-refractivity contribution >= 4 is 23.9 Å². The second-order valence-corrected chi connectivity index (χ2v) is 15.4. The summed E-state index contributed by atoms with van der Waals surface area (Å²) in [6.07, 6.45) is 22.3. The minimum absolute atomic E-state index is 0.0330. The summed E-state index contributed by atoms with van der Waals surface area (Å²) in [4.78, 5) is 47.9. The minimum atomic E-state index is -1.18. The van der Waals surface area contributed by atoms with Crippen LogP contribution in [0.25, 0.3) is 0 Å². The molecule has 8 nitrogen and oxygen atoms in total. The summed E-state index contributed by atoms with van der Waals surface area (Å²) in [6.45, 7) is 13.7. The number of carbonyl (C=O) groups is 4. The first kappa shape index (κ1) is 48.3. The van der Waals surface area contributed by atoms with Gasteiger partial charge in [-0.25, -0.2) is 19.2 Å². The number of aryl methyl sites for hydroxylation is 1. The third-order valence-corrected chi connectivity index (χ3v) is 9.65. The molecular formula is C46H72O8. The SMILES string of the molecule is CC(C)CCc1ccc(C(=O)O)c(C(=O)O)c1CCC(C)C.CCCCCCCCCCOC(=O)c1ccccc1C(=O)OCCCCCCCCCC. The summed E-state index contributed by atoms with van der Waals surface area (Å²) in [6, 6.07) is 10.0. The Balaban J connectivity index is 0.000000578. The molecule has 0 heterocycles. The topological polar surface area (TPSA) is 127 Å². The smallest absolute Gasteiger partial charge is 0.339 e.